The molecule has 0 saturated carbocycles. The fourth-order valence-electron chi connectivity index (χ4n) is 3.20. The number of rotatable bonds is 9. The van der Waals surface area contributed by atoms with Crippen LogP contribution in [0.25, 0.3) is 0 Å². The summed E-state index contributed by atoms with van der Waals surface area (Å²) < 4.78 is 11.2. The molecule has 1 heterocycles. The number of hydrogen-bond donors (Lipinski definition) is 1. The van der Waals surface area contributed by atoms with Gasteiger partial charge in [-0.05, 0) is 55.5 Å². The van der Waals surface area contributed by atoms with Crippen LogP contribution in [0.1, 0.15) is 6.92 Å². The molecule has 1 amide bonds. The van der Waals surface area contributed by atoms with Gasteiger partial charge in [0.05, 0.1) is 13.2 Å². The summed E-state index contributed by atoms with van der Waals surface area (Å²) in [5, 5.41) is 3.66. The lowest BCUT2D eigenvalue weighted by atomic mass is 10.3. The molecule has 0 atom stereocenters. The van der Waals surface area contributed by atoms with Crippen LogP contribution < -0.4 is 14.8 Å². The Kier molecular flexibility index (Phi) is 8.16. The molecule has 156 valence electrons. The highest BCUT2D eigenvalue weighted by atomic mass is 35.5. The van der Waals surface area contributed by atoms with E-state index in [1.807, 2.05) is 55.5 Å². The molecule has 2 aromatic carbocycles. The first kappa shape index (κ1) is 21.4. The fourth-order valence-corrected chi connectivity index (χ4v) is 3.33. The summed E-state index contributed by atoms with van der Waals surface area (Å²) in [6.45, 7) is 8.10. The number of hydrogen-bond acceptors (Lipinski definition) is 5. The third-order valence-electron chi connectivity index (χ3n) is 4.77. The zero-order valence-electron chi connectivity index (χ0n) is 16.8. The maximum Gasteiger partial charge on any atom is 0.238 e. The second kappa shape index (κ2) is 11.0. The Morgan fingerprint density at radius 3 is 2.17 bits per heavy atom. The van der Waals surface area contributed by atoms with Gasteiger partial charge in [0.1, 0.15) is 18.1 Å². The number of anilines is 1. The van der Waals surface area contributed by atoms with Gasteiger partial charge in [-0.3, -0.25) is 14.6 Å². The van der Waals surface area contributed by atoms with Crippen LogP contribution in [0.15, 0.2) is 48.5 Å². The highest BCUT2D eigenvalue weighted by Crippen LogP contribution is 2.16. The van der Waals surface area contributed by atoms with Gasteiger partial charge in [-0.1, -0.05) is 11.6 Å². The van der Waals surface area contributed by atoms with Gasteiger partial charge in [0.15, 0.2) is 0 Å². The zero-order chi connectivity index (χ0) is 20.5. The standard InChI is InChI=1S/C22H28ClN3O3/c1-2-28-20-9-5-19(6-10-20)24-22(27)17-26-13-11-25(12-14-26)15-16-29-21-7-3-18(23)4-8-21/h3-10H,2,11-17H2,1H3,(H,24,27). The molecular formula is C22H28ClN3O3. The Hall–Kier alpha value is -2.28. The minimum Gasteiger partial charge on any atom is -0.494 e. The number of nitrogens with zero attached hydrogens (tertiary/aromatic N) is 2. The second-order valence-corrected chi connectivity index (χ2v) is 7.36. The molecule has 3 rings (SSSR count). The number of nitrogens with one attached hydrogen (secondary N) is 1. The van der Waals surface area contributed by atoms with Crippen LogP contribution in [-0.2, 0) is 4.79 Å². The average Bonchev–Trinajstić information content (AvgIpc) is 2.72. The highest BCUT2D eigenvalue weighted by molar-refractivity contribution is 6.30. The molecule has 0 spiro atoms. The summed E-state index contributed by atoms with van der Waals surface area (Å²) in [6.07, 6.45) is 0. The average molecular weight is 418 g/mol. The number of benzene rings is 2. The number of carbonyl (C=O) groups excluding carboxylic acids is 1. The second-order valence-electron chi connectivity index (χ2n) is 6.93. The maximum absolute atomic E-state index is 12.3. The summed E-state index contributed by atoms with van der Waals surface area (Å²) in [5.41, 5.74) is 0.788. The molecule has 1 aliphatic heterocycles. The van der Waals surface area contributed by atoms with Crippen molar-refractivity contribution in [2.45, 2.75) is 6.92 Å². The van der Waals surface area contributed by atoms with Gasteiger partial charge in [-0.15, -0.1) is 0 Å². The van der Waals surface area contributed by atoms with Crippen molar-refractivity contribution in [1.82, 2.24) is 9.80 Å². The summed E-state index contributed by atoms with van der Waals surface area (Å²) in [5.74, 6) is 1.65. The first-order valence-electron chi connectivity index (χ1n) is 9.98. The Balaban J connectivity index is 1.32. The van der Waals surface area contributed by atoms with Crippen LogP contribution >= 0.6 is 11.6 Å². The summed E-state index contributed by atoms with van der Waals surface area (Å²) in [7, 11) is 0. The molecule has 7 heteroatoms. The molecule has 0 aromatic heterocycles. The van der Waals surface area contributed by atoms with Crippen molar-refractivity contribution in [3.63, 3.8) is 0 Å². The molecular weight excluding hydrogens is 390 g/mol. The number of amides is 1. The molecule has 29 heavy (non-hydrogen) atoms. The van der Waals surface area contributed by atoms with Crippen LogP contribution in [0.3, 0.4) is 0 Å². The number of carbonyl (C=O) groups is 1. The molecule has 0 radical (unpaired) electrons. The lowest BCUT2D eigenvalue weighted by Gasteiger charge is -2.34. The largest absolute Gasteiger partial charge is 0.494 e. The number of ether oxygens (including phenoxy) is 2. The van der Waals surface area contributed by atoms with Crippen molar-refractivity contribution < 1.29 is 14.3 Å². The molecule has 1 saturated heterocycles. The minimum atomic E-state index is 0.00804. The van der Waals surface area contributed by atoms with E-state index in [4.69, 9.17) is 21.1 Å². The SMILES string of the molecule is CCOc1ccc(NC(=O)CN2CCN(CCOc3ccc(Cl)cc3)CC2)cc1. The first-order chi connectivity index (χ1) is 14.1. The van der Waals surface area contributed by atoms with Gasteiger partial charge in [-0.25, -0.2) is 0 Å². The molecule has 1 fully saturated rings. The molecule has 0 aliphatic carbocycles. The normalized spacial score (nSPS) is 15.1. The summed E-state index contributed by atoms with van der Waals surface area (Å²) >= 11 is 5.88. The van der Waals surface area contributed by atoms with E-state index in [0.717, 1.165) is 49.9 Å². The minimum absolute atomic E-state index is 0.00804. The van der Waals surface area contributed by atoms with E-state index in [1.165, 1.54) is 0 Å². The van der Waals surface area contributed by atoms with E-state index < -0.39 is 0 Å². The first-order valence-corrected chi connectivity index (χ1v) is 10.4. The molecule has 0 unspecified atom stereocenters. The predicted octanol–water partition coefficient (Wildman–Crippen LogP) is 3.37. The van der Waals surface area contributed by atoms with Gasteiger partial charge in [0, 0.05) is 43.4 Å². The molecule has 1 N–H and O–H groups in total. The van der Waals surface area contributed by atoms with Gasteiger partial charge in [-0.2, -0.15) is 0 Å². The van der Waals surface area contributed by atoms with Crippen LogP contribution in [-0.4, -0.2) is 68.2 Å². The van der Waals surface area contributed by atoms with Crippen molar-refractivity contribution in [3.05, 3.63) is 53.6 Å². The number of piperazine rings is 1. The van der Waals surface area contributed by atoms with E-state index >= 15 is 0 Å². The molecule has 1 aliphatic rings. The zero-order valence-corrected chi connectivity index (χ0v) is 17.5. The Morgan fingerprint density at radius 2 is 1.52 bits per heavy atom. The number of halogens is 1. The third kappa shape index (κ3) is 7.24. The van der Waals surface area contributed by atoms with Crippen molar-refractivity contribution in [2.24, 2.45) is 0 Å². The Labute approximate surface area is 177 Å². The lowest BCUT2D eigenvalue weighted by molar-refractivity contribution is -0.117. The van der Waals surface area contributed by atoms with E-state index in [0.29, 0.717) is 24.8 Å². The Morgan fingerprint density at radius 1 is 0.931 bits per heavy atom. The van der Waals surface area contributed by atoms with E-state index in [2.05, 4.69) is 15.1 Å². The molecule has 2 aromatic rings. The van der Waals surface area contributed by atoms with E-state index in [1.54, 1.807) is 0 Å². The van der Waals surface area contributed by atoms with Crippen LogP contribution in [0, 0.1) is 0 Å². The summed E-state index contributed by atoms with van der Waals surface area (Å²) in [6, 6.07) is 14.9. The molecule has 0 bridgehead atoms. The topological polar surface area (TPSA) is 54.0 Å². The van der Waals surface area contributed by atoms with Crippen LogP contribution in [0.5, 0.6) is 11.5 Å². The van der Waals surface area contributed by atoms with Gasteiger partial charge in [0.2, 0.25) is 5.91 Å². The van der Waals surface area contributed by atoms with Crippen molar-refractivity contribution in [1.29, 1.82) is 0 Å². The highest BCUT2D eigenvalue weighted by Gasteiger charge is 2.18. The lowest BCUT2D eigenvalue weighted by Crippen LogP contribution is -2.49. The van der Waals surface area contributed by atoms with Gasteiger partial charge < -0.3 is 14.8 Å². The van der Waals surface area contributed by atoms with Gasteiger partial charge in [0.25, 0.3) is 0 Å². The predicted molar refractivity (Wildman–Crippen MR) is 116 cm³/mol. The van der Waals surface area contributed by atoms with Crippen LogP contribution in [0.4, 0.5) is 5.69 Å². The third-order valence-corrected chi connectivity index (χ3v) is 5.02. The monoisotopic (exact) mass is 417 g/mol. The molecule has 6 nitrogen and oxygen atoms in total. The van der Waals surface area contributed by atoms with Crippen molar-refractivity contribution in [2.75, 3.05) is 57.8 Å². The van der Waals surface area contributed by atoms with Crippen LogP contribution in [0.2, 0.25) is 5.02 Å². The van der Waals surface area contributed by atoms with E-state index in [-0.39, 0.29) is 5.91 Å². The van der Waals surface area contributed by atoms with E-state index in [9.17, 15) is 4.79 Å². The maximum atomic E-state index is 12.3. The van der Waals surface area contributed by atoms with Gasteiger partial charge >= 0.3 is 0 Å². The quantitative estimate of drug-likeness (QED) is 0.678. The fraction of sp³-hybridized carbons (Fsp3) is 0.409. The smallest absolute Gasteiger partial charge is 0.238 e. The Bertz CT molecular complexity index is 760. The van der Waals surface area contributed by atoms with Crippen molar-refractivity contribution >= 4 is 23.2 Å². The summed E-state index contributed by atoms with van der Waals surface area (Å²) in [4.78, 5) is 16.8. The van der Waals surface area contributed by atoms with Crippen molar-refractivity contribution in [3.8, 4) is 11.5 Å².